The van der Waals surface area contributed by atoms with Gasteiger partial charge in [0.2, 0.25) is 0 Å². The van der Waals surface area contributed by atoms with Gasteiger partial charge in [0, 0.05) is 11.0 Å². The van der Waals surface area contributed by atoms with E-state index < -0.39 is 0 Å². The third-order valence-electron chi connectivity index (χ3n) is 2.09. The van der Waals surface area contributed by atoms with E-state index in [4.69, 9.17) is 5.73 Å². The summed E-state index contributed by atoms with van der Waals surface area (Å²) in [6, 6.07) is 4.21. The van der Waals surface area contributed by atoms with Gasteiger partial charge in [-0.1, -0.05) is 34.6 Å². The van der Waals surface area contributed by atoms with Gasteiger partial charge in [0.1, 0.15) is 0 Å². The van der Waals surface area contributed by atoms with Crippen molar-refractivity contribution in [1.29, 1.82) is 0 Å². The molecule has 0 saturated heterocycles. The molecule has 0 aliphatic heterocycles. The number of halogens is 1. The molecule has 70 valence electrons. The van der Waals surface area contributed by atoms with Crippen molar-refractivity contribution >= 4 is 21.5 Å². The molecule has 0 aromatic heterocycles. The highest BCUT2D eigenvalue weighted by atomic mass is 79.9. The van der Waals surface area contributed by atoms with Crippen LogP contribution in [-0.2, 0) is 0 Å². The molecular formula is C11H14BrN. The molecule has 0 unspecified atom stereocenters. The minimum atomic E-state index is 0.514. The van der Waals surface area contributed by atoms with Crippen molar-refractivity contribution in [2.24, 2.45) is 5.73 Å². The van der Waals surface area contributed by atoms with E-state index in [1.165, 1.54) is 15.6 Å². The molecule has 0 radical (unpaired) electrons. The lowest BCUT2D eigenvalue weighted by Crippen LogP contribution is -2.01. The van der Waals surface area contributed by atoms with Crippen LogP contribution in [0.1, 0.15) is 16.7 Å². The Morgan fingerprint density at radius 3 is 2.23 bits per heavy atom. The van der Waals surface area contributed by atoms with Gasteiger partial charge in [-0.2, -0.15) is 0 Å². The Morgan fingerprint density at radius 1 is 1.38 bits per heavy atom. The van der Waals surface area contributed by atoms with Crippen LogP contribution < -0.4 is 5.73 Å². The molecule has 13 heavy (non-hydrogen) atoms. The first-order valence-corrected chi connectivity index (χ1v) is 5.00. The highest BCUT2D eigenvalue weighted by Gasteiger charge is 2.03. The number of hydrogen-bond acceptors (Lipinski definition) is 1. The molecule has 1 aromatic carbocycles. The van der Waals surface area contributed by atoms with Gasteiger partial charge >= 0.3 is 0 Å². The van der Waals surface area contributed by atoms with Crippen LogP contribution in [0.5, 0.6) is 0 Å². The summed E-state index contributed by atoms with van der Waals surface area (Å²) in [6.07, 6.45) is 0. The van der Waals surface area contributed by atoms with E-state index in [-0.39, 0.29) is 0 Å². The fraction of sp³-hybridized carbons (Fsp3) is 0.273. The summed E-state index contributed by atoms with van der Waals surface area (Å²) in [4.78, 5) is 0. The zero-order chi connectivity index (χ0) is 10.0. The standard InChI is InChI=1S/C11H14BrN/c1-7-4-10(9(3)6-13)5-8(2)11(7)12/h4-5H,3,6,13H2,1-2H3. The fourth-order valence-electron chi connectivity index (χ4n) is 1.27. The van der Waals surface area contributed by atoms with E-state index in [1.807, 2.05) is 0 Å². The van der Waals surface area contributed by atoms with Crippen LogP contribution >= 0.6 is 15.9 Å². The number of hydrogen-bond donors (Lipinski definition) is 1. The first kappa shape index (κ1) is 10.5. The quantitative estimate of drug-likeness (QED) is 0.844. The van der Waals surface area contributed by atoms with Gasteiger partial charge in [0.25, 0.3) is 0 Å². The maximum Gasteiger partial charge on any atom is 0.0234 e. The summed E-state index contributed by atoms with van der Waals surface area (Å²) >= 11 is 3.52. The van der Waals surface area contributed by atoms with Gasteiger partial charge in [-0.25, -0.2) is 0 Å². The lowest BCUT2D eigenvalue weighted by Gasteiger charge is -2.08. The van der Waals surface area contributed by atoms with Gasteiger partial charge in [0.15, 0.2) is 0 Å². The molecular weight excluding hydrogens is 226 g/mol. The first-order valence-electron chi connectivity index (χ1n) is 4.21. The molecule has 1 rings (SSSR count). The third-order valence-corrected chi connectivity index (χ3v) is 3.34. The topological polar surface area (TPSA) is 26.0 Å². The number of nitrogens with two attached hydrogens (primary N) is 1. The third kappa shape index (κ3) is 2.20. The van der Waals surface area contributed by atoms with Crippen LogP contribution in [0.4, 0.5) is 0 Å². The molecule has 0 bridgehead atoms. The minimum absolute atomic E-state index is 0.514. The summed E-state index contributed by atoms with van der Waals surface area (Å²) in [5, 5.41) is 0. The number of benzene rings is 1. The molecule has 0 amide bonds. The van der Waals surface area contributed by atoms with Gasteiger partial charge in [-0.05, 0) is 36.1 Å². The van der Waals surface area contributed by atoms with Crippen LogP contribution in [0.2, 0.25) is 0 Å². The Morgan fingerprint density at radius 2 is 1.85 bits per heavy atom. The molecule has 0 spiro atoms. The second-order valence-electron chi connectivity index (χ2n) is 3.23. The van der Waals surface area contributed by atoms with Crippen molar-refractivity contribution in [2.75, 3.05) is 6.54 Å². The van der Waals surface area contributed by atoms with Gasteiger partial charge in [0.05, 0.1) is 0 Å². The molecule has 0 atom stereocenters. The SMILES string of the molecule is C=C(CN)c1cc(C)c(Br)c(C)c1. The molecule has 1 aromatic rings. The lowest BCUT2D eigenvalue weighted by atomic mass is 10.0. The van der Waals surface area contributed by atoms with Crippen molar-refractivity contribution in [3.63, 3.8) is 0 Å². The average molecular weight is 240 g/mol. The zero-order valence-electron chi connectivity index (χ0n) is 8.02. The molecule has 0 fully saturated rings. The second kappa shape index (κ2) is 4.07. The van der Waals surface area contributed by atoms with Crippen molar-refractivity contribution < 1.29 is 0 Å². The number of aryl methyl sites for hydroxylation is 2. The van der Waals surface area contributed by atoms with Gasteiger partial charge < -0.3 is 5.73 Å². The monoisotopic (exact) mass is 239 g/mol. The Hall–Kier alpha value is -0.600. The Balaban J connectivity index is 3.20. The van der Waals surface area contributed by atoms with E-state index >= 15 is 0 Å². The molecule has 0 heterocycles. The van der Waals surface area contributed by atoms with Crippen LogP contribution in [0.25, 0.3) is 5.57 Å². The van der Waals surface area contributed by atoms with E-state index in [0.29, 0.717) is 6.54 Å². The maximum atomic E-state index is 5.53. The fourth-order valence-corrected chi connectivity index (χ4v) is 1.50. The molecule has 1 nitrogen and oxygen atoms in total. The molecule has 2 heteroatoms. The van der Waals surface area contributed by atoms with Gasteiger partial charge in [-0.3, -0.25) is 0 Å². The van der Waals surface area contributed by atoms with Crippen molar-refractivity contribution in [3.8, 4) is 0 Å². The summed E-state index contributed by atoms with van der Waals surface area (Å²) in [5.41, 5.74) is 10.1. The van der Waals surface area contributed by atoms with Crippen molar-refractivity contribution in [3.05, 3.63) is 39.9 Å². The second-order valence-corrected chi connectivity index (χ2v) is 4.02. The van der Waals surface area contributed by atoms with Crippen molar-refractivity contribution in [2.45, 2.75) is 13.8 Å². The highest BCUT2D eigenvalue weighted by molar-refractivity contribution is 9.10. The van der Waals surface area contributed by atoms with E-state index in [0.717, 1.165) is 11.1 Å². The summed E-state index contributed by atoms with van der Waals surface area (Å²) in [6.45, 7) is 8.58. The van der Waals surface area contributed by atoms with E-state index in [1.54, 1.807) is 0 Å². The summed E-state index contributed by atoms with van der Waals surface area (Å²) < 4.78 is 1.17. The Kier molecular flexibility index (Phi) is 3.28. The Labute approximate surface area is 87.8 Å². The summed E-state index contributed by atoms with van der Waals surface area (Å²) in [7, 11) is 0. The normalized spacial score (nSPS) is 10.2. The lowest BCUT2D eigenvalue weighted by molar-refractivity contribution is 1.25. The largest absolute Gasteiger partial charge is 0.326 e. The molecule has 0 aliphatic rings. The smallest absolute Gasteiger partial charge is 0.0234 e. The maximum absolute atomic E-state index is 5.53. The van der Waals surface area contributed by atoms with E-state index in [2.05, 4.69) is 48.5 Å². The number of rotatable bonds is 2. The summed E-state index contributed by atoms with van der Waals surface area (Å²) in [5.74, 6) is 0. The van der Waals surface area contributed by atoms with E-state index in [9.17, 15) is 0 Å². The van der Waals surface area contributed by atoms with Gasteiger partial charge in [-0.15, -0.1) is 0 Å². The van der Waals surface area contributed by atoms with Crippen LogP contribution in [0, 0.1) is 13.8 Å². The zero-order valence-corrected chi connectivity index (χ0v) is 9.61. The Bertz CT molecular complexity index is 319. The molecule has 0 aliphatic carbocycles. The predicted molar refractivity (Wildman–Crippen MR) is 61.7 cm³/mol. The average Bonchev–Trinajstić information content (AvgIpc) is 2.12. The molecule has 0 saturated carbocycles. The minimum Gasteiger partial charge on any atom is -0.326 e. The highest BCUT2D eigenvalue weighted by Crippen LogP contribution is 2.24. The molecule has 2 N–H and O–H groups in total. The van der Waals surface area contributed by atoms with Crippen molar-refractivity contribution in [1.82, 2.24) is 0 Å². The van der Waals surface area contributed by atoms with Crippen LogP contribution in [-0.4, -0.2) is 6.54 Å². The van der Waals surface area contributed by atoms with Crippen LogP contribution in [0.3, 0.4) is 0 Å². The predicted octanol–water partition coefficient (Wildman–Crippen LogP) is 3.04. The van der Waals surface area contributed by atoms with Crippen LogP contribution in [0.15, 0.2) is 23.2 Å². The first-order chi connectivity index (χ1) is 6.06.